The van der Waals surface area contributed by atoms with Gasteiger partial charge in [-0.05, 0) is 19.1 Å². The van der Waals surface area contributed by atoms with E-state index in [1.165, 1.54) is 37.4 Å². The third-order valence-corrected chi connectivity index (χ3v) is 4.99. The molecular weight excluding hydrogens is 318 g/mol. The van der Waals surface area contributed by atoms with Crippen LogP contribution in [0.5, 0.6) is 0 Å². The quantitative estimate of drug-likeness (QED) is 0.511. The Hall–Kier alpha value is -1.88. The number of aromatic nitrogens is 2. The predicted molar refractivity (Wildman–Crippen MR) is 98.2 cm³/mol. The van der Waals surface area contributed by atoms with Gasteiger partial charge in [0.25, 0.3) is 5.91 Å². The van der Waals surface area contributed by atoms with E-state index in [0.29, 0.717) is 16.4 Å². The Morgan fingerprint density at radius 3 is 2.50 bits per heavy atom. The summed E-state index contributed by atoms with van der Waals surface area (Å²) in [5.74, 6) is -0.0617. The summed E-state index contributed by atoms with van der Waals surface area (Å²) >= 11 is 1.48. The highest BCUT2D eigenvalue weighted by Crippen LogP contribution is 2.24. The Kier molecular flexibility index (Phi) is 5.86. The molecule has 0 atom stereocenters. The van der Waals surface area contributed by atoms with Gasteiger partial charge in [0.2, 0.25) is 0 Å². The molecule has 126 valence electrons. The fraction of sp³-hybridized carbons (Fsp3) is 0.421. The number of carbonyl (C=O) groups is 1. The fourth-order valence-corrected chi connectivity index (χ4v) is 3.47. The second-order valence-electron chi connectivity index (χ2n) is 6.15. The lowest BCUT2D eigenvalue weighted by atomic mass is 10.1. The molecule has 4 nitrogen and oxygen atoms in total. The Balaban J connectivity index is 1.87. The smallest absolute Gasteiger partial charge is 0.255 e. The molecule has 1 amide bonds. The van der Waals surface area contributed by atoms with Crippen molar-refractivity contribution in [3.05, 3.63) is 42.1 Å². The topological polar surface area (TPSA) is 54.9 Å². The first-order valence-corrected chi connectivity index (χ1v) is 9.77. The maximum Gasteiger partial charge on any atom is 0.255 e. The van der Waals surface area contributed by atoms with Crippen LogP contribution in [0.15, 0.2) is 41.7 Å². The van der Waals surface area contributed by atoms with Crippen molar-refractivity contribution in [1.29, 1.82) is 0 Å². The summed E-state index contributed by atoms with van der Waals surface area (Å²) in [4.78, 5) is 21.7. The molecule has 2 aromatic rings. The fourth-order valence-electron chi connectivity index (χ4n) is 3.13. The van der Waals surface area contributed by atoms with E-state index in [2.05, 4.69) is 15.3 Å². The summed E-state index contributed by atoms with van der Waals surface area (Å²) < 4.78 is 0. The molecule has 0 radical (unpaired) electrons. The number of hydrogen-bond acceptors (Lipinski definition) is 4. The van der Waals surface area contributed by atoms with Crippen molar-refractivity contribution in [2.75, 3.05) is 6.26 Å². The molecule has 0 aliphatic heterocycles. The van der Waals surface area contributed by atoms with Crippen LogP contribution in [0.3, 0.4) is 0 Å². The summed E-state index contributed by atoms with van der Waals surface area (Å²) in [6.45, 7) is 0. The molecule has 0 spiro atoms. The Morgan fingerprint density at radius 1 is 1.12 bits per heavy atom. The molecule has 0 saturated heterocycles. The van der Waals surface area contributed by atoms with Crippen LogP contribution in [-0.2, 0) is 0 Å². The lowest BCUT2D eigenvalue weighted by Gasteiger charge is -2.17. The molecule has 1 saturated carbocycles. The van der Waals surface area contributed by atoms with E-state index in [0.717, 1.165) is 18.4 Å². The molecular formula is C19H23N3OS. The Labute approximate surface area is 147 Å². The number of amides is 1. The number of nitrogens with one attached hydrogen (secondary N) is 1. The minimum atomic E-state index is -0.0617. The number of benzene rings is 1. The number of nitrogens with zero attached hydrogens (tertiary/aromatic N) is 2. The molecule has 1 fully saturated rings. The van der Waals surface area contributed by atoms with E-state index in [-0.39, 0.29) is 11.9 Å². The average molecular weight is 341 g/mol. The zero-order valence-corrected chi connectivity index (χ0v) is 14.8. The first-order valence-electron chi connectivity index (χ1n) is 8.55. The minimum Gasteiger partial charge on any atom is -0.349 e. The summed E-state index contributed by atoms with van der Waals surface area (Å²) in [5, 5.41) is 3.88. The second kappa shape index (κ2) is 8.29. The molecule has 24 heavy (non-hydrogen) atoms. The molecule has 1 aliphatic carbocycles. The lowest BCUT2D eigenvalue weighted by Crippen LogP contribution is -2.34. The highest BCUT2D eigenvalue weighted by atomic mass is 32.2. The molecule has 0 bridgehead atoms. The van der Waals surface area contributed by atoms with Gasteiger partial charge in [0.1, 0.15) is 0 Å². The predicted octanol–water partition coefficient (Wildman–Crippen LogP) is 4.32. The molecule has 0 unspecified atom stereocenters. The van der Waals surface area contributed by atoms with Crippen molar-refractivity contribution in [3.8, 4) is 11.3 Å². The molecule has 1 N–H and O–H groups in total. The molecule has 1 aliphatic rings. The number of thioether (sulfide) groups is 1. The second-order valence-corrected chi connectivity index (χ2v) is 6.92. The van der Waals surface area contributed by atoms with Gasteiger partial charge in [-0.3, -0.25) is 4.79 Å². The van der Waals surface area contributed by atoms with Crippen LogP contribution in [0.4, 0.5) is 0 Å². The van der Waals surface area contributed by atoms with E-state index in [1.807, 2.05) is 36.6 Å². The van der Waals surface area contributed by atoms with Crippen LogP contribution < -0.4 is 5.32 Å². The third-order valence-electron chi connectivity index (χ3n) is 4.43. The number of rotatable bonds is 4. The van der Waals surface area contributed by atoms with Crippen molar-refractivity contribution in [2.45, 2.75) is 49.7 Å². The SMILES string of the molecule is CSc1ncc(C(=O)NC2CCCCCC2)c(-c2ccccc2)n1. The van der Waals surface area contributed by atoms with Crippen molar-refractivity contribution in [3.63, 3.8) is 0 Å². The lowest BCUT2D eigenvalue weighted by molar-refractivity contribution is 0.0933. The van der Waals surface area contributed by atoms with Crippen molar-refractivity contribution >= 4 is 17.7 Å². The van der Waals surface area contributed by atoms with E-state index in [1.54, 1.807) is 6.20 Å². The minimum absolute atomic E-state index is 0.0617. The number of hydrogen-bond donors (Lipinski definition) is 1. The summed E-state index contributed by atoms with van der Waals surface area (Å²) in [6, 6.07) is 10.1. The number of carbonyl (C=O) groups excluding carboxylic acids is 1. The van der Waals surface area contributed by atoms with E-state index in [4.69, 9.17) is 0 Å². The largest absolute Gasteiger partial charge is 0.349 e. The molecule has 1 heterocycles. The summed E-state index contributed by atoms with van der Waals surface area (Å²) in [6.07, 6.45) is 10.7. The first kappa shape index (κ1) is 17.0. The summed E-state index contributed by atoms with van der Waals surface area (Å²) in [5.41, 5.74) is 2.21. The monoisotopic (exact) mass is 341 g/mol. The van der Waals surface area contributed by atoms with Crippen LogP contribution in [-0.4, -0.2) is 28.2 Å². The van der Waals surface area contributed by atoms with Gasteiger partial charge in [-0.1, -0.05) is 67.8 Å². The molecule has 1 aromatic heterocycles. The Bertz CT molecular complexity index is 682. The standard InChI is InChI=1S/C19H23N3OS/c1-24-19-20-13-16(17(22-19)14-9-5-4-6-10-14)18(23)21-15-11-7-2-3-8-12-15/h4-6,9-10,13,15H,2-3,7-8,11-12H2,1H3,(H,21,23). The normalized spacial score (nSPS) is 15.7. The molecule has 5 heteroatoms. The van der Waals surface area contributed by atoms with E-state index in [9.17, 15) is 4.79 Å². The van der Waals surface area contributed by atoms with Crippen LogP contribution in [0.1, 0.15) is 48.9 Å². The van der Waals surface area contributed by atoms with Crippen LogP contribution in [0.25, 0.3) is 11.3 Å². The van der Waals surface area contributed by atoms with Gasteiger partial charge in [-0.15, -0.1) is 0 Å². The van der Waals surface area contributed by atoms with Gasteiger partial charge in [0, 0.05) is 17.8 Å². The van der Waals surface area contributed by atoms with Gasteiger partial charge in [-0.2, -0.15) is 0 Å². The van der Waals surface area contributed by atoms with Crippen molar-refractivity contribution < 1.29 is 4.79 Å². The van der Waals surface area contributed by atoms with Gasteiger partial charge in [0.05, 0.1) is 11.3 Å². The van der Waals surface area contributed by atoms with Gasteiger partial charge in [0.15, 0.2) is 5.16 Å². The molecule has 3 rings (SSSR count). The summed E-state index contributed by atoms with van der Waals surface area (Å²) in [7, 11) is 0. The van der Waals surface area contributed by atoms with Gasteiger partial charge >= 0.3 is 0 Å². The third kappa shape index (κ3) is 4.15. The van der Waals surface area contributed by atoms with Crippen LogP contribution >= 0.6 is 11.8 Å². The highest BCUT2D eigenvalue weighted by Gasteiger charge is 2.20. The maximum atomic E-state index is 12.8. The van der Waals surface area contributed by atoms with Crippen molar-refractivity contribution in [1.82, 2.24) is 15.3 Å². The zero-order valence-electron chi connectivity index (χ0n) is 14.0. The van der Waals surface area contributed by atoms with Gasteiger partial charge < -0.3 is 5.32 Å². The first-order chi connectivity index (χ1) is 11.8. The van der Waals surface area contributed by atoms with Crippen molar-refractivity contribution in [2.24, 2.45) is 0 Å². The zero-order chi connectivity index (χ0) is 16.8. The van der Waals surface area contributed by atoms with E-state index >= 15 is 0 Å². The maximum absolute atomic E-state index is 12.8. The highest BCUT2D eigenvalue weighted by molar-refractivity contribution is 7.98. The van der Waals surface area contributed by atoms with E-state index < -0.39 is 0 Å². The van der Waals surface area contributed by atoms with Gasteiger partial charge in [-0.25, -0.2) is 9.97 Å². The Morgan fingerprint density at radius 2 is 1.83 bits per heavy atom. The van der Waals surface area contributed by atoms with Crippen LogP contribution in [0, 0.1) is 0 Å². The van der Waals surface area contributed by atoms with Crippen LogP contribution in [0.2, 0.25) is 0 Å². The average Bonchev–Trinajstić information content (AvgIpc) is 2.90. The molecule has 1 aromatic carbocycles.